The van der Waals surface area contributed by atoms with Crippen LogP contribution in [0.1, 0.15) is 6.92 Å². The summed E-state index contributed by atoms with van der Waals surface area (Å²) in [5, 5.41) is 18.4. The molecule has 0 aliphatic rings. The van der Waals surface area contributed by atoms with Gasteiger partial charge < -0.3 is 9.47 Å². The molecule has 2 rings (SSSR count). The number of benzene rings is 2. The Hall–Kier alpha value is -3.53. The molecule has 1 unspecified atom stereocenters. The first-order chi connectivity index (χ1) is 13.8. The number of methoxy groups -OCH3 is 2. The van der Waals surface area contributed by atoms with E-state index in [9.17, 15) is 19.7 Å². The molecule has 0 aliphatic heterocycles. The SMILES string of the molecule is COc1ccc(N(Cl)C(=O)C(N=Nc2cccc([N+](=O)[O-])c2)C(C)=O)c(OC)c1. The number of hydrogen-bond acceptors (Lipinski definition) is 8. The number of nitro groups is 1. The van der Waals surface area contributed by atoms with Crippen LogP contribution in [0.3, 0.4) is 0 Å². The Labute approximate surface area is 171 Å². The van der Waals surface area contributed by atoms with E-state index in [1.54, 1.807) is 6.07 Å². The van der Waals surface area contributed by atoms with E-state index in [-0.39, 0.29) is 22.8 Å². The quantitative estimate of drug-likeness (QED) is 0.210. The summed E-state index contributed by atoms with van der Waals surface area (Å²) in [6, 6.07) is 8.32. The maximum absolute atomic E-state index is 12.7. The highest BCUT2D eigenvalue weighted by Crippen LogP contribution is 2.34. The minimum absolute atomic E-state index is 0.112. The minimum Gasteiger partial charge on any atom is -0.497 e. The van der Waals surface area contributed by atoms with Crippen molar-refractivity contribution in [3.05, 3.63) is 52.6 Å². The summed E-state index contributed by atoms with van der Waals surface area (Å²) < 4.78 is 11.0. The Morgan fingerprint density at radius 2 is 1.90 bits per heavy atom. The summed E-state index contributed by atoms with van der Waals surface area (Å²) in [5.41, 5.74) is 0.0901. The molecule has 1 atom stereocenters. The summed E-state index contributed by atoms with van der Waals surface area (Å²) in [4.78, 5) is 34.9. The van der Waals surface area contributed by atoms with E-state index in [2.05, 4.69) is 10.2 Å². The molecule has 0 saturated carbocycles. The highest BCUT2D eigenvalue weighted by atomic mass is 35.5. The molecule has 0 N–H and O–H groups in total. The van der Waals surface area contributed by atoms with Gasteiger partial charge in [-0.25, -0.2) is 4.42 Å². The van der Waals surface area contributed by atoms with Gasteiger partial charge in [-0.3, -0.25) is 19.7 Å². The van der Waals surface area contributed by atoms with E-state index in [1.165, 1.54) is 44.6 Å². The predicted octanol–water partition coefficient (Wildman–Crippen LogP) is 3.84. The van der Waals surface area contributed by atoms with Crippen LogP contribution < -0.4 is 13.9 Å². The number of carbonyl (C=O) groups is 2. The summed E-state index contributed by atoms with van der Waals surface area (Å²) in [7, 11) is 2.86. The smallest absolute Gasteiger partial charge is 0.276 e. The third-order valence-corrected chi connectivity index (χ3v) is 4.09. The first kappa shape index (κ1) is 21.8. The van der Waals surface area contributed by atoms with E-state index in [1.807, 2.05) is 0 Å². The molecule has 0 saturated heterocycles. The van der Waals surface area contributed by atoms with Gasteiger partial charge in [0.1, 0.15) is 17.2 Å². The lowest BCUT2D eigenvalue weighted by molar-refractivity contribution is -0.384. The van der Waals surface area contributed by atoms with Crippen molar-refractivity contribution >= 4 is 40.5 Å². The molecule has 11 heteroatoms. The van der Waals surface area contributed by atoms with Gasteiger partial charge in [-0.05, 0) is 25.1 Å². The number of azo groups is 1. The summed E-state index contributed by atoms with van der Waals surface area (Å²) in [6.07, 6.45) is 0. The van der Waals surface area contributed by atoms with E-state index in [0.717, 1.165) is 13.0 Å². The number of halogens is 1. The largest absolute Gasteiger partial charge is 0.497 e. The molecule has 1 amide bonds. The van der Waals surface area contributed by atoms with Crippen molar-refractivity contribution in [1.29, 1.82) is 0 Å². The fourth-order valence-electron chi connectivity index (χ4n) is 2.27. The molecular weight excluding hydrogens is 404 g/mol. The van der Waals surface area contributed by atoms with Crippen LogP contribution in [-0.4, -0.2) is 36.9 Å². The van der Waals surface area contributed by atoms with Crippen LogP contribution in [0.25, 0.3) is 0 Å². The second-order valence-electron chi connectivity index (χ2n) is 5.66. The molecule has 0 aromatic heterocycles. The van der Waals surface area contributed by atoms with Crippen LogP contribution in [0, 0.1) is 10.1 Å². The van der Waals surface area contributed by atoms with Crippen molar-refractivity contribution in [1.82, 2.24) is 0 Å². The third kappa shape index (κ3) is 5.26. The average Bonchev–Trinajstić information content (AvgIpc) is 2.72. The minimum atomic E-state index is -1.54. The number of rotatable bonds is 8. The summed E-state index contributed by atoms with van der Waals surface area (Å²) in [6.45, 7) is 1.16. The van der Waals surface area contributed by atoms with Crippen molar-refractivity contribution < 1.29 is 24.0 Å². The summed E-state index contributed by atoms with van der Waals surface area (Å²) >= 11 is 6.14. The fraction of sp³-hybridized carbons (Fsp3) is 0.222. The molecular formula is C18H17ClN4O6. The van der Waals surface area contributed by atoms with E-state index in [0.29, 0.717) is 10.2 Å². The van der Waals surface area contributed by atoms with Crippen LogP contribution in [0.5, 0.6) is 11.5 Å². The summed E-state index contributed by atoms with van der Waals surface area (Å²) in [5.74, 6) is -0.749. The van der Waals surface area contributed by atoms with Crippen LogP contribution in [0.2, 0.25) is 0 Å². The van der Waals surface area contributed by atoms with Crippen molar-refractivity contribution in [2.45, 2.75) is 13.0 Å². The molecule has 2 aromatic rings. The number of non-ortho nitro benzene ring substituents is 1. The Morgan fingerprint density at radius 3 is 2.48 bits per heavy atom. The van der Waals surface area contributed by atoms with Gasteiger partial charge in [0.05, 0.1) is 24.8 Å². The standard InChI is InChI=1S/C18H17ClN4O6/c1-11(24)17(21-20-12-5-4-6-13(9-12)23(26)27)18(25)22(19)15-8-7-14(28-2)10-16(15)29-3/h4-10,17H,1-3H3. The lowest BCUT2D eigenvalue weighted by atomic mass is 10.2. The number of hydrogen-bond donors (Lipinski definition) is 0. The molecule has 0 radical (unpaired) electrons. The molecule has 152 valence electrons. The second kappa shape index (κ2) is 9.60. The zero-order valence-corrected chi connectivity index (χ0v) is 16.5. The molecule has 0 bridgehead atoms. The number of carbonyl (C=O) groups excluding carboxylic acids is 2. The number of nitrogens with zero attached hydrogens (tertiary/aromatic N) is 4. The number of nitro benzene ring substituents is 1. The zero-order valence-electron chi connectivity index (χ0n) is 15.7. The van der Waals surface area contributed by atoms with Crippen molar-refractivity contribution in [3.8, 4) is 11.5 Å². The van der Waals surface area contributed by atoms with Crippen LogP contribution in [0.15, 0.2) is 52.7 Å². The topological polar surface area (TPSA) is 124 Å². The van der Waals surface area contributed by atoms with Crippen LogP contribution >= 0.6 is 11.8 Å². The highest BCUT2D eigenvalue weighted by molar-refractivity contribution is 6.39. The Balaban J connectivity index is 2.31. The fourth-order valence-corrected chi connectivity index (χ4v) is 2.50. The maximum Gasteiger partial charge on any atom is 0.276 e. The number of amides is 1. The Kier molecular flexibility index (Phi) is 7.21. The third-order valence-electron chi connectivity index (χ3n) is 3.74. The zero-order chi connectivity index (χ0) is 21.6. The molecule has 29 heavy (non-hydrogen) atoms. The van der Waals surface area contributed by atoms with E-state index >= 15 is 0 Å². The monoisotopic (exact) mass is 420 g/mol. The van der Waals surface area contributed by atoms with Crippen LogP contribution in [-0.2, 0) is 9.59 Å². The molecule has 0 fully saturated rings. The lowest BCUT2D eigenvalue weighted by Crippen LogP contribution is -2.36. The van der Waals surface area contributed by atoms with Crippen molar-refractivity contribution in [2.75, 3.05) is 18.6 Å². The van der Waals surface area contributed by atoms with Gasteiger partial charge in [0.2, 0.25) is 6.04 Å². The number of ether oxygens (including phenoxy) is 2. The Morgan fingerprint density at radius 1 is 1.17 bits per heavy atom. The Bertz CT molecular complexity index is 965. The second-order valence-corrected chi connectivity index (χ2v) is 6.00. The first-order valence-corrected chi connectivity index (χ1v) is 8.49. The van der Waals surface area contributed by atoms with Gasteiger partial charge in [-0.1, -0.05) is 6.07 Å². The van der Waals surface area contributed by atoms with Crippen molar-refractivity contribution in [2.24, 2.45) is 10.2 Å². The number of Topliss-reactive ketones (excluding diaryl/α,β-unsaturated/α-hetero) is 1. The van der Waals surface area contributed by atoms with E-state index in [4.69, 9.17) is 21.3 Å². The molecule has 2 aromatic carbocycles. The lowest BCUT2D eigenvalue weighted by Gasteiger charge is -2.19. The number of anilines is 1. The average molecular weight is 421 g/mol. The van der Waals surface area contributed by atoms with Crippen molar-refractivity contribution in [3.63, 3.8) is 0 Å². The molecule has 0 heterocycles. The van der Waals surface area contributed by atoms with Gasteiger partial charge in [-0.2, -0.15) is 10.2 Å². The maximum atomic E-state index is 12.7. The number of ketones is 1. The molecule has 0 spiro atoms. The van der Waals surface area contributed by atoms with Gasteiger partial charge in [0, 0.05) is 30.0 Å². The first-order valence-electron chi connectivity index (χ1n) is 8.16. The van der Waals surface area contributed by atoms with Gasteiger partial charge in [0.15, 0.2) is 5.78 Å². The molecule has 10 nitrogen and oxygen atoms in total. The predicted molar refractivity (Wildman–Crippen MR) is 105 cm³/mol. The molecule has 0 aliphatic carbocycles. The highest BCUT2D eigenvalue weighted by Gasteiger charge is 2.30. The van der Waals surface area contributed by atoms with Gasteiger partial charge in [-0.15, -0.1) is 0 Å². The van der Waals surface area contributed by atoms with Gasteiger partial charge in [0.25, 0.3) is 11.6 Å². The van der Waals surface area contributed by atoms with E-state index < -0.39 is 22.7 Å². The van der Waals surface area contributed by atoms with Crippen LogP contribution in [0.4, 0.5) is 17.1 Å². The normalized spacial score (nSPS) is 11.7. The van der Waals surface area contributed by atoms with Gasteiger partial charge >= 0.3 is 0 Å².